The quantitative estimate of drug-likeness (QED) is 0.849. The second-order valence-electron chi connectivity index (χ2n) is 4.22. The molecule has 2 aromatic rings. The molecule has 7 nitrogen and oxygen atoms in total. The number of hydrogen-bond acceptors (Lipinski definition) is 5. The predicted molar refractivity (Wildman–Crippen MR) is 77.7 cm³/mol. The lowest BCUT2D eigenvalue weighted by Gasteiger charge is -2.12. The first kappa shape index (κ1) is 15.1. The van der Waals surface area contributed by atoms with E-state index < -0.39 is 5.91 Å². The van der Waals surface area contributed by atoms with E-state index >= 15 is 0 Å². The van der Waals surface area contributed by atoms with E-state index in [0.29, 0.717) is 28.7 Å². The predicted octanol–water partition coefficient (Wildman–Crippen LogP) is 2.02. The Hall–Kier alpha value is -2.28. The van der Waals surface area contributed by atoms with Crippen LogP contribution in [0, 0.1) is 0 Å². The Balaban J connectivity index is 2.50. The zero-order valence-corrected chi connectivity index (χ0v) is 12.4. The fourth-order valence-electron chi connectivity index (χ4n) is 1.79. The molecule has 0 saturated carbocycles. The fraction of sp³-hybridized carbons (Fsp3) is 0.308. The van der Waals surface area contributed by atoms with Gasteiger partial charge in [-0.1, -0.05) is 18.5 Å². The molecule has 1 aromatic carbocycles. The Labute approximate surface area is 126 Å². The number of H-pyrrole nitrogens is 1. The summed E-state index contributed by atoms with van der Waals surface area (Å²) in [7, 11) is 1.52. The number of benzene rings is 1. The Morgan fingerprint density at radius 2 is 2.14 bits per heavy atom. The van der Waals surface area contributed by atoms with Crippen molar-refractivity contribution in [1.29, 1.82) is 0 Å². The van der Waals surface area contributed by atoms with Crippen LogP contribution in [0.1, 0.15) is 23.8 Å². The summed E-state index contributed by atoms with van der Waals surface area (Å²) in [6, 6.07) is 3.25. The highest BCUT2D eigenvalue weighted by molar-refractivity contribution is 6.33. The Kier molecular flexibility index (Phi) is 4.64. The number of nitrogens with one attached hydrogen (secondary N) is 1. The second-order valence-corrected chi connectivity index (χ2v) is 4.62. The molecular formula is C13H15ClN4O3. The van der Waals surface area contributed by atoms with Gasteiger partial charge >= 0.3 is 0 Å². The van der Waals surface area contributed by atoms with Crippen molar-refractivity contribution in [3.63, 3.8) is 0 Å². The topological polar surface area (TPSA) is 103 Å². The highest BCUT2D eigenvalue weighted by atomic mass is 35.5. The minimum atomic E-state index is -0.694. The van der Waals surface area contributed by atoms with Gasteiger partial charge in [-0.3, -0.25) is 4.79 Å². The number of halogens is 1. The van der Waals surface area contributed by atoms with Gasteiger partial charge in [0.25, 0.3) is 5.91 Å². The lowest BCUT2D eigenvalue weighted by Crippen LogP contribution is -2.12. The van der Waals surface area contributed by atoms with Crippen molar-refractivity contribution in [1.82, 2.24) is 15.4 Å². The van der Waals surface area contributed by atoms with Crippen molar-refractivity contribution in [2.24, 2.45) is 5.73 Å². The van der Waals surface area contributed by atoms with Gasteiger partial charge < -0.3 is 15.2 Å². The van der Waals surface area contributed by atoms with Crippen molar-refractivity contribution < 1.29 is 14.3 Å². The van der Waals surface area contributed by atoms with Gasteiger partial charge in [-0.2, -0.15) is 15.4 Å². The van der Waals surface area contributed by atoms with Crippen LogP contribution in [0.4, 0.5) is 0 Å². The molecule has 0 saturated heterocycles. The largest absolute Gasteiger partial charge is 0.493 e. The third kappa shape index (κ3) is 3.08. The molecule has 2 rings (SSSR count). The average Bonchev–Trinajstić information content (AvgIpc) is 2.94. The smallest absolute Gasteiger partial charge is 0.271 e. The molecule has 0 unspecified atom stereocenters. The van der Waals surface area contributed by atoms with Crippen LogP contribution in [-0.4, -0.2) is 35.0 Å². The van der Waals surface area contributed by atoms with Gasteiger partial charge in [0, 0.05) is 11.6 Å². The number of ether oxygens (including phenoxy) is 2. The van der Waals surface area contributed by atoms with Crippen LogP contribution < -0.4 is 15.2 Å². The molecule has 0 aliphatic heterocycles. The van der Waals surface area contributed by atoms with Crippen molar-refractivity contribution in [2.45, 2.75) is 13.3 Å². The van der Waals surface area contributed by atoms with Crippen LogP contribution in [0.3, 0.4) is 0 Å². The number of rotatable bonds is 6. The number of aromatic nitrogens is 3. The lowest BCUT2D eigenvalue weighted by molar-refractivity contribution is 0.0996. The van der Waals surface area contributed by atoms with E-state index in [1.165, 1.54) is 7.11 Å². The SMILES string of the molecule is CCCOc1cc(Cl)c(-c2n[nH]nc2C(N)=O)cc1OC. The number of nitrogens with two attached hydrogens (primary N) is 1. The van der Waals surface area contributed by atoms with Gasteiger partial charge in [0.2, 0.25) is 0 Å². The second kappa shape index (κ2) is 6.45. The third-order valence-corrected chi connectivity index (χ3v) is 3.06. The molecule has 0 radical (unpaired) electrons. The normalized spacial score (nSPS) is 10.4. The molecule has 1 aromatic heterocycles. The maximum absolute atomic E-state index is 11.3. The summed E-state index contributed by atoms with van der Waals surface area (Å²) >= 11 is 6.24. The maximum Gasteiger partial charge on any atom is 0.271 e. The van der Waals surface area contributed by atoms with Gasteiger partial charge in [0.05, 0.1) is 18.7 Å². The first-order valence-electron chi connectivity index (χ1n) is 6.29. The molecule has 0 atom stereocenters. The zero-order valence-electron chi connectivity index (χ0n) is 11.6. The van der Waals surface area contributed by atoms with E-state index in [9.17, 15) is 4.79 Å². The number of carbonyl (C=O) groups excluding carboxylic acids is 1. The van der Waals surface area contributed by atoms with Crippen molar-refractivity contribution in [2.75, 3.05) is 13.7 Å². The van der Waals surface area contributed by atoms with Crippen LogP contribution in [0.2, 0.25) is 5.02 Å². The number of hydrogen-bond donors (Lipinski definition) is 2. The van der Waals surface area contributed by atoms with Gasteiger partial charge in [-0.05, 0) is 12.5 Å². The first-order valence-corrected chi connectivity index (χ1v) is 6.67. The van der Waals surface area contributed by atoms with E-state index in [1.54, 1.807) is 12.1 Å². The molecule has 0 aliphatic rings. The summed E-state index contributed by atoms with van der Waals surface area (Å²) in [6.07, 6.45) is 0.859. The molecule has 21 heavy (non-hydrogen) atoms. The number of primary amides is 1. The summed E-state index contributed by atoms with van der Waals surface area (Å²) in [5.41, 5.74) is 6.02. The minimum Gasteiger partial charge on any atom is -0.493 e. The summed E-state index contributed by atoms with van der Waals surface area (Å²) in [6.45, 7) is 2.54. The van der Waals surface area contributed by atoms with Crippen LogP contribution in [0.25, 0.3) is 11.3 Å². The van der Waals surface area contributed by atoms with Crippen LogP contribution in [0.5, 0.6) is 11.5 Å². The van der Waals surface area contributed by atoms with Gasteiger partial charge in [-0.15, -0.1) is 0 Å². The third-order valence-electron chi connectivity index (χ3n) is 2.75. The summed E-state index contributed by atoms with van der Waals surface area (Å²) in [5, 5.41) is 10.4. The molecule has 0 aliphatic carbocycles. The van der Waals surface area contributed by atoms with Crippen molar-refractivity contribution >= 4 is 17.5 Å². The van der Waals surface area contributed by atoms with E-state index in [1.807, 2.05) is 6.92 Å². The lowest BCUT2D eigenvalue weighted by atomic mass is 10.1. The monoisotopic (exact) mass is 310 g/mol. The van der Waals surface area contributed by atoms with E-state index in [-0.39, 0.29) is 11.4 Å². The molecule has 1 heterocycles. The number of aromatic amines is 1. The van der Waals surface area contributed by atoms with Gasteiger partial charge in [-0.25, -0.2) is 0 Å². The summed E-state index contributed by atoms with van der Waals surface area (Å²) < 4.78 is 10.8. The van der Waals surface area contributed by atoms with E-state index in [0.717, 1.165) is 6.42 Å². The number of amides is 1. The Morgan fingerprint density at radius 1 is 1.38 bits per heavy atom. The standard InChI is InChI=1S/C13H15ClN4O3/c1-3-4-21-10-6-8(14)7(5-9(10)20-2)11-12(13(15)19)17-18-16-11/h5-6H,3-4H2,1-2H3,(H2,15,19)(H,16,17,18). The van der Waals surface area contributed by atoms with Crippen molar-refractivity contribution in [3.05, 3.63) is 22.8 Å². The average molecular weight is 311 g/mol. The van der Waals surface area contributed by atoms with Crippen LogP contribution in [-0.2, 0) is 0 Å². The van der Waals surface area contributed by atoms with Crippen molar-refractivity contribution in [3.8, 4) is 22.8 Å². The van der Waals surface area contributed by atoms with Gasteiger partial charge in [0.1, 0.15) is 5.69 Å². The molecule has 112 valence electrons. The molecule has 0 spiro atoms. The molecule has 3 N–H and O–H groups in total. The molecule has 8 heteroatoms. The first-order chi connectivity index (χ1) is 10.1. The fourth-order valence-corrected chi connectivity index (χ4v) is 2.03. The maximum atomic E-state index is 11.3. The molecule has 0 fully saturated rings. The Bertz CT molecular complexity index is 657. The minimum absolute atomic E-state index is 0.0150. The Morgan fingerprint density at radius 3 is 2.76 bits per heavy atom. The summed E-state index contributed by atoms with van der Waals surface area (Å²) in [4.78, 5) is 11.3. The number of carbonyl (C=O) groups is 1. The zero-order chi connectivity index (χ0) is 15.4. The van der Waals surface area contributed by atoms with Crippen LogP contribution >= 0.6 is 11.6 Å². The summed E-state index contributed by atoms with van der Waals surface area (Å²) in [5.74, 6) is 0.318. The molecular weight excluding hydrogens is 296 g/mol. The number of methoxy groups -OCH3 is 1. The molecule has 0 bridgehead atoms. The molecule has 1 amide bonds. The van der Waals surface area contributed by atoms with E-state index in [4.69, 9.17) is 26.8 Å². The highest BCUT2D eigenvalue weighted by Gasteiger charge is 2.20. The highest BCUT2D eigenvalue weighted by Crippen LogP contribution is 2.38. The van der Waals surface area contributed by atoms with Crippen LogP contribution in [0.15, 0.2) is 12.1 Å². The van der Waals surface area contributed by atoms with Gasteiger partial charge in [0.15, 0.2) is 17.2 Å². The van der Waals surface area contributed by atoms with E-state index in [2.05, 4.69) is 15.4 Å². The number of nitrogens with zero attached hydrogens (tertiary/aromatic N) is 2.